The predicted octanol–water partition coefficient (Wildman–Crippen LogP) is 2.88. The molecule has 2 aromatic carbocycles. The highest BCUT2D eigenvalue weighted by Gasteiger charge is 2.13. The van der Waals surface area contributed by atoms with Crippen LogP contribution in [0.5, 0.6) is 5.75 Å². The van der Waals surface area contributed by atoms with Crippen LogP contribution in [0.1, 0.15) is 17.2 Å². The van der Waals surface area contributed by atoms with Crippen LogP contribution in [-0.2, 0) is 0 Å². The van der Waals surface area contributed by atoms with E-state index in [-0.39, 0.29) is 11.9 Å². The molecule has 1 unspecified atom stereocenters. The Labute approximate surface area is 99.8 Å². The number of para-hydroxylation sites is 1. The minimum absolute atomic E-state index is 0.284. The summed E-state index contributed by atoms with van der Waals surface area (Å²) in [4.78, 5) is 0. The summed E-state index contributed by atoms with van der Waals surface area (Å²) in [7, 11) is 1.59. The largest absolute Gasteiger partial charge is 0.496 e. The first kappa shape index (κ1) is 11.6. The molecule has 0 aromatic heterocycles. The standard InChI is InChI=1S/C14H14FNO/c1-17-13-8-3-2-7-12(13)14(16)10-5-4-6-11(15)9-10/h2-9,14H,16H2,1H3. The van der Waals surface area contributed by atoms with Crippen molar-refractivity contribution in [2.75, 3.05) is 7.11 Å². The summed E-state index contributed by atoms with van der Waals surface area (Å²) < 4.78 is 18.4. The molecule has 2 rings (SSSR count). The molecule has 0 spiro atoms. The smallest absolute Gasteiger partial charge is 0.123 e. The van der Waals surface area contributed by atoms with Crippen molar-refractivity contribution in [3.63, 3.8) is 0 Å². The molecule has 2 aromatic rings. The van der Waals surface area contributed by atoms with Crippen molar-refractivity contribution >= 4 is 0 Å². The molecule has 0 fully saturated rings. The second kappa shape index (κ2) is 4.97. The van der Waals surface area contributed by atoms with E-state index in [2.05, 4.69) is 0 Å². The average Bonchev–Trinajstić information content (AvgIpc) is 2.38. The van der Waals surface area contributed by atoms with Gasteiger partial charge in [0.05, 0.1) is 13.2 Å². The van der Waals surface area contributed by atoms with Crippen LogP contribution in [0.2, 0.25) is 0 Å². The first-order valence-corrected chi connectivity index (χ1v) is 5.36. The molecule has 0 aliphatic rings. The zero-order valence-electron chi connectivity index (χ0n) is 9.56. The minimum atomic E-state index is -0.387. The Morgan fingerprint density at radius 3 is 2.59 bits per heavy atom. The molecule has 2 N–H and O–H groups in total. The van der Waals surface area contributed by atoms with Crippen LogP contribution < -0.4 is 10.5 Å². The number of hydrogen-bond acceptors (Lipinski definition) is 2. The summed E-state index contributed by atoms with van der Waals surface area (Å²) >= 11 is 0. The molecule has 17 heavy (non-hydrogen) atoms. The van der Waals surface area contributed by atoms with Gasteiger partial charge in [0.2, 0.25) is 0 Å². The van der Waals surface area contributed by atoms with Gasteiger partial charge in [0.1, 0.15) is 11.6 Å². The first-order valence-electron chi connectivity index (χ1n) is 5.36. The quantitative estimate of drug-likeness (QED) is 0.881. The summed E-state index contributed by atoms with van der Waals surface area (Å²) in [5, 5.41) is 0. The monoisotopic (exact) mass is 231 g/mol. The number of ether oxygens (including phenoxy) is 1. The molecular formula is C14H14FNO. The Hall–Kier alpha value is -1.87. The van der Waals surface area contributed by atoms with Crippen molar-refractivity contribution in [3.05, 3.63) is 65.5 Å². The number of halogens is 1. The lowest BCUT2D eigenvalue weighted by atomic mass is 9.99. The molecule has 2 nitrogen and oxygen atoms in total. The number of rotatable bonds is 3. The van der Waals surface area contributed by atoms with Gasteiger partial charge < -0.3 is 10.5 Å². The van der Waals surface area contributed by atoms with Crippen molar-refractivity contribution in [2.45, 2.75) is 6.04 Å². The Balaban J connectivity index is 2.40. The minimum Gasteiger partial charge on any atom is -0.496 e. The van der Waals surface area contributed by atoms with E-state index in [0.717, 1.165) is 11.1 Å². The van der Waals surface area contributed by atoms with Crippen LogP contribution in [-0.4, -0.2) is 7.11 Å². The molecule has 0 saturated heterocycles. The van der Waals surface area contributed by atoms with E-state index in [1.807, 2.05) is 24.3 Å². The summed E-state index contributed by atoms with van der Waals surface area (Å²) in [6.45, 7) is 0. The number of methoxy groups -OCH3 is 1. The zero-order valence-corrected chi connectivity index (χ0v) is 9.56. The van der Waals surface area contributed by atoms with Crippen LogP contribution in [0.4, 0.5) is 4.39 Å². The third-order valence-corrected chi connectivity index (χ3v) is 2.68. The molecule has 0 aliphatic heterocycles. The molecule has 0 amide bonds. The molecular weight excluding hydrogens is 217 g/mol. The van der Waals surface area contributed by atoms with Gasteiger partial charge in [-0.25, -0.2) is 4.39 Å². The predicted molar refractivity (Wildman–Crippen MR) is 65.4 cm³/mol. The van der Waals surface area contributed by atoms with Crippen LogP contribution in [0.3, 0.4) is 0 Å². The second-order valence-corrected chi connectivity index (χ2v) is 3.77. The highest BCUT2D eigenvalue weighted by atomic mass is 19.1. The van der Waals surface area contributed by atoms with Gasteiger partial charge in [-0.15, -0.1) is 0 Å². The topological polar surface area (TPSA) is 35.2 Å². The van der Waals surface area contributed by atoms with Gasteiger partial charge in [-0.2, -0.15) is 0 Å². The van der Waals surface area contributed by atoms with Gasteiger partial charge in [0, 0.05) is 5.56 Å². The fraction of sp³-hybridized carbons (Fsp3) is 0.143. The highest BCUT2D eigenvalue weighted by Crippen LogP contribution is 2.27. The van der Waals surface area contributed by atoms with Crippen LogP contribution in [0.15, 0.2) is 48.5 Å². The third kappa shape index (κ3) is 2.45. The summed E-state index contributed by atoms with van der Waals surface area (Å²) in [5.74, 6) is 0.428. The average molecular weight is 231 g/mol. The lowest BCUT2D eigenvalue weighted by molar-refractivity contribution is 0.408. The Morgan fingerprint density at radius 2 is 1.88 bits per heavy atom. The fourth-order valence-electron chi connectivity index (χ4n) is 1.80. The first-order chi connectivity index (χ1) is 8.22. The number of hydrogen-bond donors (Lipinski definition) is 1. The van der Waals surface area contributed by atoms with E-state index in [1.165, 1.54) is 12.1 Å². The van der Waals surface area contributed by atoms with E-state index in [1.54, 1.807) is 19.2 Å². The van der Waals surface area contributed by atoms with Crippen molar-refractivity contribution in [3.8, 4) is 5.75 Å². The molecule has 0 radical (unpaired) electrons. The van der Waals surface area contributed by atoms with Gasteiger partial charge in [0.15, 0.2) is 0 Å². The maximum atomic E-state index is 13.1. The van der Waals surface area contributed by atoms with E-state index in [0.29, 0.717) is 5.75 Å². The molecule has 3 heteroatoms. The van der Waals surface area contributed by atoms with Crippen LogP contribution in [0.25, 0.3) is 0 Å². The Kier molecular flexibility index (Phi) is 3.40. The van der Waals surface area contributed by atoms with E-state index >= 15 is 0 Å². The van der Waals surface area contributed by atoms with Crippen molar-refractivity contribution < 1.29 is 9.13 Å². The summed E-state index contributed by atoms with van der Waals surface area (Å²) in [5.41, 5.74) is 7.69. The van der Waals surface area contributed by atoms with E-state index in [4.69, 9.17) is 10.5 Å². The lowest BCUT2D eigenvalue weighted by Crippen LogP contribution is -2.13. The molecule has 1 atom stereocenters. The Bertz CT molecular complexity index is 513. The third-order valence-electron chi connectivity index (χ3n) is 2.68. The maximum absolute atomic E-state index is 13.1. The summed E-state index contributed by atoms with van der Waals surface area (Å²) in [6.07, 6.45) is 0. The SMILES string of the molecule is COc1ccccc1C(N)c1cccc(F)c1. The van der Waals surface area contributed by atoms with Gasteiger partial charge in [-0.05, 0) is 23.8 Å². The fourth-order valence-corrected chi connectivity index (χ4v) is 1.80. The Morgan fingerprint density at radius 1 is 1.12 bits per heavy atom. The van der Waals surface area contributed by atoms with Crippen molar-refractivity contribution in [1.82, 2.24) is 0 Å². The lowest BCUT2D eigenvalue weighted by Gasteiger charge is -2.15. The van der Waals surface area contributed by atoms with Gasteiger partial charge >= 0.3 is 0 Å². The molecule has 88 valence electrons. The molecule has 0 saturated carbocycles. The summed E-state index contributed by atoms with van der Waals surface area (Å²) in [6, 6.07) is 13.4. The number of nitrogens with two attached hydrogens (primary N) is 1. The normalized spacial score (nSPS) is 12.2. The van der Waals surface area contributed by atoms with Crippen LogP contribution >= 0.6 is 0 Å². The van der Waals surface area contributed by atoms with Gasteiger partial charge in [0.25, 0.3) is 0 Å². The van der Waals surface area contributed by atoms with Gasteiger partial charge in [-0.3, -0.25) is 0 Å². The second-order valence-electron chi connectivity index (χ2n) is 3.77. The molecule has 0 aliphatic carbocycles. The maximum Gasteiger partial charge on any atom is 0.123 e. The van der Waals surface area contributed by atoms with Gasteiger partial charge in [-0.1, -0.05) is 30.3 Å². The molecule has 0 bridgehead atoms. The molecule has 0 heterocycles. The number of benzene rings is 2. The highest BCUT2D eigenvalue weighted by molar-refractivity contribution is 5.41. The van der Waals surface area contributed by atoms with Crippen molar-refractivity contribution in [2.24, 2.45) is 5.73 Å². The van der Waals surface area contributed by atoms with Crippen LogP contribution in [0, 0.1) is 5.82 Å². The van der Waals surface area contributed by atoms with E-state index in [9.17, 15) is 4.39 Å². The van der Waals surface area contributed by atoms with E-state index < -0.39 is 0 Å². The zero-order chi connectivity index (χ0) is 12.3. The van der Waals surface area contributed by atoms with Crippen molar-refractivity contribution in [1.29, 1.82) is 0 Å².